The number of piperidine rings is 1. The van der Waals surface area contributed by atoms with Crippen LogP contribution in [0.25, 0.3) is 10.6 Å². The third kappa shape index (κ3) is 3.62. The van der Waals surface area contributed by atoms with Gasteiger partial charge in [0.2, 0.25) is 12.7 Å². The van der Waals surface area contributed by atoms with Gasteiger partial charge in [-0.1, -0.05) is 0 Å². The van der Waals surface area contributed by atoms with E-state index in [1.54, 1.807) is 0 Å². The molecule has 1 amide bonds. The van der Waals surface area contributed by atoms with E-state index >= 15 is 0 Å². The number of aromatic nitrogens is 1. The topological polar surface area (TPSA) is 72.5 Å². The van der Waals surface area contributed by atoms with Crippen molar-refractivity contribution in [2.75, 3.05) is 13.3 Å². The Bertz CT molecular complexity index is 777. The molecule has 2 unspecified atom stereocenters. The summed E-state index contributed by atoms with van der Waals surface area (Å²) in [5.74, 6) is 1.53. The minimum Gasteiger partial charge on any atom is -0.454 e. The van der Waals surface area contributed by atoms with Crippen molar-refractivity contribution in [2.45, 2.75) is 38.3 Å². The first kappa shape index (κ1) is 16.4. The first-order valence-electron chi connectivity index (χ1n) is 8.56. The predicted molar refractivity (Wildman–Crippen MR) is 96.0 cm³/mol. The molecule has 4 rings (SSSR count). The zero-order valence-electron chi connectivity index (χ0n) is 14.1. The number of thiazole rings is 1. The van der Waals surface area contributed by atoms with Crippen molar-refractivity contribution in [3.8, 4) is 22.1 Å². The van der Waals surface area contributed by atoms with Gasteiger partial charge < -0.3 is 20.1 Å². The summed E-state index contributed by atoms with van der Waals surface area (Å²) in [6.07, 6.45) is 2.43. The average Bonchev–Trinajstić information content (AvgIpc) is 3.25. The summed E-state index contributed by atoms with van der Waals surface area (Å²) in [5, 5.41) is 9.35. The molecule has 2 aliphatic rings. The highest BCUT2D eigenvalue weighted by Crippen LogP contribution is 2.36. The van der Waals surface area contributed by atoms with Crippen molar-refractivity contribution in [3.63, 3.8) is 0 Å². The Morgan fingerprint density at radius 3 is 3.16 bits per heavy atom. The van der Waals surface area contributed by atoms with Crippen LogP contribution in [-0.2, 0) is 11.2 Å². The van der Waals surface area contributed by atoms with Gasteiger partial charge in [0.05, 0.1) is 12.1 Å². The lowest BCUT2D eigenvalue weighted by molar-refractivity contribution is -0.121. The van der Waals surface area contributed by atoms with Gasteiger partial charge in [-0.2, -0.15) is 0 Å². The second kappa shape index (κ2) is 7.01. The quantitative estimate of drug-likeness (QED) is 0.877. The molecule has 132 valence electrons. The van der Waals surface area contributed by atoms with Gasteiger partial charge in [-0.15, -0.1) is 11.3 Å². The maximum atomic E-state index is 12.3. The van der Waals surface area contributed by atoms with E-state index in [0.29, 0.717) is 12.5 Å². The third-order valence-electron chi connectivity index (χ3n) is 4.62. The maximum absolute atomic E-state index is 12.3. The van der Waals surface area contributed by atoms with Crippen molar-refractivity contribution < 1.29 is 14.3 Å². The fraction of sp³-hybridized carbons (Fsp3) is 0.444. The smallest absolute Gasteiger partial charge is 0.231 e. The van der Waals surface area contributed by atoms with Crippen LogP contribution < -0.4 is 20.1 Å². The number of rotatable bonds is 4. The number of ether oxygens (including phenoxy) is 2. The van der Waals surface area contributed by atoms with Crippen LogP contribution in [0.1, 0.15) is 25.5 Å². The van der Waals surface area contributed by atoms with E-state index < -0.39 is 0 Å². The van der Waals surface area contributed by atoms with Crippen molar-refractivity contribution in [1.82, 2.24) is 15.6 Å². The summed E-state index contributed by atoms with van der Waals surface area (Å²) in [4.78, 5) is 16.9. The van der Waals surface area contributed by atoms with Crippen molar-refractivity contribution in [2.24, 2.45) is 0 Å². The molecule has 2 aliphatic heterocycles. The molecule has 3 heterocycles. The highest BCUT2D eigenvalue weighted by Gasteiger charge is 2.23. The van der Waals surface area contributed by atoms with Crippen LogP contribution in [0.3, 0.4) is 0 Å². The number of nitrogens with one attached hydrogen (secondary N) is 2. The molecule has 25 heavy (non-hydrogen) atoms. The van der Waals surface area contributed by atoms with Gasteiger partial charge in [0, 0.05) is 23.0 Å². The van der Waals surface area contributed by atoms with Crippen LogP contribution in [0.4, 0.5) is 0 Å². The number of amides is 1. The Morgan fingerprint density at radius 1 is 1.40 bits per heavy atom. The minimum absolute atomic E-state index is 0.0306. The van der Waals surface area contributed by atoms with Gasteiger partial charge in [0.25, 0.3) is 0 Å². The zero-order chi connectivity index (χ0) is 17.2. The first-order valence-corrected chi connectivity index (χ1v) is 9.44. The van der Waals surface area contributed by atoms with E-state index in [-0.39, 0.29) is 18.7 Å². The number of carbonyl (C=O) groups excluding carboxylic acids is 1. The van der Waals surface area contributed by atoms with E-state index in [4.69, 9.17) is 9.47 Å². The molecule has 0 spiro atoms. The van der Waals surface area contributed by atoms with Crippen LogP contribution in [0.2, 0.25) is 0 Å². The summed E-state index contributed by atoms with van der Waals surface area (Å²) in [7, 11) is 0. The van der Waals surface area contributed by atoms with Crippen molar-refractivity contribution in [1.29, 1.82) is 0 Å². The minimum atomic E-state index is 0.0306. The number of benzene rings is 1. The fourth-order valence-corrected chi connectivity index (χ4v) is 4.03. The predicted octanol–water partition coefficient (Wildman–Crippen LogP) is 2.34. The highest BCUT2D eigenvalue weighted by atomic mass is 32.1. The van der Waals surface area contributed by atoms with Gasteiger partial charge in [-0.25, -0.2) is 4.98 Å². The van der Waals surface area contributed by atoms with Crippen LogP contribution >= 0.6 is 11.3 Å². The summed E-state index contributed by atoms with van der Waals surface area (Å²) < 4.78 is 10.7. The van der Waals surface area contributed by atoms with E-state index in [0.717, 1.165) is 47.2 Å². The molecule has 1 aromatic carbocycles. The summed E-state index contributed by atoms with van der Waals surface area (Å²) in [6, 6.07) is 6.31. The molecule has 2 aromatic rings. The Kier molecular flexibility index (Phi) is 4.59. The van der Waals surface area contributed by atoms with E-state index in [2.05, 4.69) is 22.5 Å². The van der Waals surface area contributed by atoms with Crippen LogP contribution in [0, 0.1) is 0 Å². The molecule has 7 heteroatoms. The van der Waals surface area contributed by atoms with E-state index in [1.165, 1.54) is 11.3 Å². The molecule has 1 aromatic heterocycles. The molecule has 1 saturated heterocycles. The van der Waals surface area contributed by atoms with Gasteiger partial charge in [0.1, 0.15) is 5.01 Å². The highest BCUT2D eigenvalue weighted by molar-refractivity contribution is 7.13. The molecule has 0 aliphatic carbocycles. The Balaban J connectivity index is 1.40. The molecule has 0 saturated carbocycles. The summed E-state index contributed by atoms with van der Waals surface area (Å²) in [6.45, 7) is 3.40. The molecule has 2 atom stereocenters. The van der Waals surface area contributed by atoms with E-state index in [1.807, 2.05) is 23.6 Å². The molecule has 0 bridgehead atoms. The molecule has 6 nitrogen and oxygen atoms in total. The number of fused-ring (bicyclic) bond motifs is 1. The SMILES string of the molecule is CC1NCCCC1NC(=O)Cc1csc(-c2ccc3c(c2)OCO3)n1. The number of hydrogen-bond donors (Lipinski definition) is 2. The second-order valence-electron chi connectivity index (χ2n) is 6.45. The number of hydrogen-bond acceptors (Lipinski definition) is 6. The summed E-state index contributed by atoms with van der Waals surface area (Å²) in [5.41, 5.74) is 1.78. The van der Waals surface area contributed by atoms with Gasteiger partial charge in [0.15, 0.2) is 11.5 Å². The first-order chi connectivity index (χ1) is 12.2. The van der Waals surface area contributed by atoms with Crippen LogP contribution in [0.15, 0.2) is 23.6 Å². The number of carbonyl (C=O) groups is 1. The third-order valence-corrected chi connectivity index (χ3v) is 5.56. The lowest BCUT2D eigenvalue weighted by Gasteiger charge is -2.30. The van der Waals surface area contributed by atoms with Crippen molar-refractivity contribution in [3.05, 3.63) is 29.3 Å². The van der Waals surface area contributed by atoms with Crippen LogP contribution in [0.5, 0.6) is 11.5 Å². The monoisotopic (exact) mass is 359 g/mol. The standard InChI is InChI=1S/C18H21N3O3S/c1-11-14(3-2-6-19-11)21-17(22)8-13-9-25-18(20-13)12-4-5-15-16(7-12)24-10-23-15/h4-5,7,9,11,14,19H,2-3,6,8,10H2,1H3,(H,21,22). The molecule has 2 N–H and O–H groups in total. The van der Waals surface area contributed by atoms with Crippen molar-refractivity contribution >= 4 is 17.2 Å². The van der Waals surface area contributed by atoms with Crippen LogP contribution in [-0.4, -0.2) is 36.3 Å². The Labute approximate surface area is 150 Å². The molecular weight excluding hydrogens is 338 g/mol. The lowest BCUT2D eigenvalue weighted by atomic mass is 10.00. The fourth-order valence-electron chi connectivity index (χ4n) is 3.21. The molecule has 1 fully saturated rings. The zero-order valence-corrected chi connectivity index (χ0v) is 14.9. The average molecular weight is 359 g/mol. The Morgan fingerprint density at radius 2 is 2.28 bits per heavy atom. The largest absolute Gasteiger partial charge is 0.454 e. The van der Waals surface area contributed by atoms with Gasteiger partial charge >= 0.3 is 0 Å². The number of nitrogens with zero attached hydrogens (tertiary/aromatic N) is 1. The lowest BCUT2D eigenvalue weighted by Crippen LogP contribution is -2.52. The van der Waals surface area contributed by atoms with E-state index in [9.17, 15) is 4.79 Å². The van der Waals surface area contributed by atoms with Gasteiger partial charge in [-0.05, 0) is 44.5 Å². The molecular formula is C18H21N3O3S. The maximum Gasteiger partial charge on any atom is 0.231 e. The normalized spacial score (nSPS) is 22.0. The Hall–Kier alpha value is -2.12. The molecule has 0 radical (unpaired) electrons. The van der Waals surface area contributed by atoms with Gasteiger partial charge in [-0.3, -0.25) is 4.79 Å². The second-order valence-corrected chi connectivity index (χ2v) is 7.31. The summed E-state index contributed by atoms with van der Waals surface area (Å²) >= 11 is 1.54.